The molecule has 0 aliphatic rings. The lowest BCUT2D eigenvalue weighted by molar-refractivity contribution is 0.162. The van der Waals surface area contributed by atoms with Crippen LogP contribution in [0.1, 0.15) is 32.0 Å². The van der Waals surface area contributed by atoms with Crippen molar-refractivity contribution in [2.24, 2.45) is 0 Å². The minimum Gasteiger partial charge on any atom is -0.493 e. The van der Waals surface area contributed by atoms with E-state index in [2.05, 4.69) is 24.3 Å². The zero-order chi connectivity index (χ0) is 12.7. The SMILES string of the molecule is CCCn1ncc(OC)c1C(COC)NCC. The van der Waals surface area contributed by atoms with Crippen molar-refractivity contribution >= 4 is 0 Å². The highest BCUT2D eigenvalue weighted by atomic mass is 16.5. The molecule has 0 aromatic carbocycles. The van der Waals surface area contributed by atoms with Crippen LogP contribution in [0.2, 0.25) is 0 Å². The molecule has 0 bridgehead atoms. The third-order valence-electron chi connectivity index (χ3n) is 2.61. The maximum Gasteiger partial charge on any atom is 0.161 e. The maximum absolute atomic E-state index is 5.37. The monoisotopic (exact) mass is 241 g/mol. The van der Waals surface area contributed by atoms with Gasteiger partial charge in [0.25, 0.3) is 0 Å². The second kappa shape index (κ2) is 7.29. The number of likely N-dealkylation sites (N-methyl/N-ethyl adjacent to an activating group) is 1. The van der Waals surface area contributed by atoms with Gasteiger partial charge >= 0.3 is 0 Å². The van der Waals surface area contributed by atoms with Crippen LogP contribution in [-0.4, -0.2) is 37.2 Å². The molecule has 98 valence electrons. The van der Waals surface area contributed by atoms with Crippen molar-refractivity contribution in [2.45, 2.75) is 32.9 Å². The first-order valence-corrected chi connectivity index (χ1v) is 6.10. The molecule has 0 saturated carbocycles. The van der Waals surface area contributed by atoms with Gasteiger partial charge in [-0.3, -0.25) is 4.68 Å². The largest absolute Gasteiger partial charge is 0.493 e. The van der Waals surface area contributed by atoms with Gasteiger partial charge in [-0.1, -0.05) is 13.8 Å². The number of nitrogens with zero attached hydrogens (tertiary/aromatic N) is 2. The molecule has 1 aromatic heterocycles. The van der Waals surface area contributed by atoms with Crippen LogP contribution in [-0.2, 0) is 11.3 Å². The van der Waals surface area contributed by atoms with Crippen molar-refractivity contribution < 1.29 is 9.47 Å². The molecule has 0 aliphatic heterocycles. The average molecular weight is 241 g/mol. The van der Waals surface area contributed by atoms with Crippen LogP contribution >= 0.6 is 0 Å². The number of aryl methyl sites for hydroxylation is 1. The summed E-state index contributed by atoms with van der Waals surface area (Å²) in [4.78, 5) is 0. The minimum atomic E-state index is 0.119. The quantitative estimate of drug-likeness (QED) is 0.751. The summed E-state index contributed by atoms with van der Waals surface area (Å²) in [6.45, 7) is 6.60. The van der Waals surface area contributed by atoms with Crippen LogP contribution in [0.3, 0.4) is 0 Å². The molecular formula is C12H23N3O2. The number of rotatable bonds is 8. The van der Waals surface area contributed by atoms with Crippen molar-refractivity contribution in [3.8, 4) is 5.75 Å². The van der Waals surface area contributed by atoms with Gasteiger partial charge in [0.1, 0.15) is 0 Å². The fourth-order valence-corrected chi connectivity index (χ4v) is 1.92. The van der Waals surface area contributed by atoms with Crippen LogP contribution in [0.4, 0.5) is 0 Å². The molecule has 0 saturated heterocycles. The first-order valence-electron chi connectivity index (χ1n) is 6.10. The molecule has 0 fully saturated rings. The Bertz CT molecular complexity index is 320. The van der Waals surface area contributed by atoms with Gasteiger partial charge in [0, 0.05) is 13.7 Å². The fraction of sp³-hybridized carbons (Fsp3) is 0.750. The van der Waals surface area contributed by atoms with Crippen LogP contribution < -0.4 is 10.1 Å². The van der Waals surface area contributed by atoms with E-state index in [1.807, 2.05) is 4.68 Å². The van der Waals surface area contributed by atoms with E-state index in [4.69, 9.17) is 9.47 Å². The summed E-state index contributed by atoms with van der Waals surface area (Å²) < 4.78 is 12.6. The van der Waals surface area contributed by atoms with Crippen LogP contribution in [0.25, 0.3) is 0 Å². The summed E-state index contributed by atoms with van der Waals surface area (Å²) in [6, 6.07) is 0.119. The van der Waals surface area contributed by atoms with Gasteiger partial charge < -0.3 is 14.8 Å². The van der Waals surface area contributed by atoms with E-state index in [1.165, 1.54) is 0 Å². The van der Waals surface area contributed by atoms with Crippen molar-refractivity contribution in [3.63, 3.8) is 0 Å². The summed E-state index contributed by atoms with van der Waals surface area (Å²) in [5.41, 5.74) is 1.07. The third kappa shape index (κ3) is 3.44. The Morgan fingerprint density at radius 2 is 2.18 bits per heavy atom. The van der Waals surface area contributed by atoms with E-state index in [9.17, 15) is 0 Å². The zero-order valence-electron chi connectivity index (χ0n) is 11.2. The predicted molar refractivity (Wildman–Crippen MR) is 67.4 cm³/mol. The Labute approximate surface area is 103 Å². The smallest absolute Gasteiger partial charge is 0.161 e. The summed E-state index contributed by atoms with van der Waals surface area (Å²) in [7, 11) is 3.38. The van der Waals surface area contributed by atoms with Crippen molar-refractivity contribution in [2.75, 3.05) is 27.4 Å². The number of hydrogen-bond acceptors (Lipinski definition) is 4. The van der Waals surface area contributed by atoms with E-state index in [-0.39, 0.29) is 6.04 Å². The highest BCUT2D eigenvalue weighted by molar-refractivity contribution is 5.28. The van der Waals surface area contributed by atoms with Gasteiger partial charge in [-0.2, -0.15) is 5.10 Å². The van der Waals surface area contributed by atoms with E-state index < -0.39 is 0 Å². The van der Waals surface area contributed by atoms with Crippen LogP contribution in [0.5, 0.6) is 5.75 Å². The van der Waals surface area contributed by atoms with E-state index in [1.54, 1.807) is 20.4 Å². The predicted octanol–water partition coefficient (Wildman–Crippen LogP) is 1.60. The number of nitrogens with one attached hydrogen (secondary N) is 1. The van der Waals surface area contributed by atoms with E-state index in [0.717, 1.165) is 31.0 Å². The zero-order valence-corrected chi connectivity index (χ0v) is 11.2. The lowest BCUT2D eigenvalue weighted by Gasteiger charge is -2.19. The summed E-state index contributed by atoms with van der Waals surface area (Å²) in [5, 5.41) is 7.75. The Morgan fingerprint density at radius 1 is 1.41 bits per heavy atom. The van der Waals surface area contributed by atoms with Gasteiger partial charge in [-0.05, 0) is 13.0 Å². The third-order valence-corrected chi connectivity index (χ3v) is 2.61. The number of hydrogen-bond donors (Lipinski definition) is 1. The molecule has 0 radical (unpaired) electrons. The van der Waals surface area contributed by atoms with Crippen LogP contribution in [0.15, 0.2) is 6.20 Å². The first-order chi connectivity index (χ1) is 8.28. The number of ether oxygens (including phenoxy) is 2. The molecule has 17 heavy (non-hydrogen) atoms. The molecule has 1 atom stereocenters. The topological polar surface area (TPSA) is 48.3 Å². The molecule has 0 amide bonds. The molecule has 5 nitrogen and oxygen atoms in total. The van der Waals surface area contributed by atoms with E-state index in [0.29, 0.717) is 6.61 Å². The Balaban J connectivity index is 2.99. The molecule has 1 N–H and O–H groups in total. The number of methoxy groups -OCH3 is 2. The first kappa shape index (κ1) is 14.0. The molecule has 0 aliphatic carbocycles. The van der Waals surface area contributed by atoms with Crippen molar-refractivity contribution in [3.05, 3.63) is 11.9 Å². The second-order valence-corrected chi connectivity index (χ2v) is 3.89. The van der Waals surface area contributed by atoms with Gasteiger partial charge in [-0.25, -0.2) is 0 Å². The minimum absolute atomic E-state index is 0.119. The summed E-state index contributed by atoms with van der Waals surface area (Å²) in [6.07, 6.45) is 2.81. The summed E-state index contributed by atoms with van der Waals surface area (Å²) in [5.74, 6) is 0.821. The molecule has 1 unspecified atom stereocenters. The lowest BCUT2D eigenvalue weighted by Crippen LogP contribution is -2.28. The normalized spacial score (nSPS) is 12.7. The average Bonchev–Trinajstić information content (AvgIpc) is 2.72. The van der Waals surface area contributed by atoms with Crippen LogP contribution in [0, 0.1) is 0 Å². The Morgan fingerprint density at radius 3 is 2.71 bits per heavy atom. The van der Waals surface area contributed by atoms with Gasteiger partial charge in [0.05, 0.1) is 31.6 Å². The van der Waals surface area contributed by atoms with Gasteiger partial charge in [0.15, 0.2) is 5.75 Å². The Hall–Kier alpha value is -1.07. The lowest BCUT2D eigenvalue weighted by atomic mass is 10.2. The summed E-state index contributed by atoms with van der Waals surface area (Å²) >= 11 is 0. The molecule has 0 spiro atoms. The Kier molecular flexibility index (Phi) is 6.00. The molecule has 5 heteroatoms. The molecule has 1 aromatic rings. The second-order valence-electron chi connectivity index (χ2n) is 3.89. The number of aromatic nitrogens is 2. The van der Waals surface area contributed by atoms with Gasteiger partial charge in [-0.15, -0.1) is 0 Å². The molecule has 1 rings (SSSR count). The highest BCUT2D eigenvalue weighted by Gasteiger charge is 2.20. The van der Waals surface area contributed by atoms with Crippen molar-refractivity contribution in [1.29, 1.82) is 0 Å². The standard InChI is InChI=1S/C12H23N3O2/c1-5-7-15-12(11(17-4)8-14-15)10(9-16-3)13-6-2/h8,10,13H,5-7,9H2,1-4H3. The van der Waals surface area contributed by atoms with Crippen molar-refractivity contribution in [1.82, 2.24) is 15.1 Å². The molecule has 1 heterocycles. The van der Waals surface area contributed by atoms with E-state index >= 15 is 0 Å². The highest BCUT2D eigenvalue weighted by Crippen LogP contribution is 2.25. The van der Waals surface area contributed by atoms with Gasteiger partial charge in [0.2, 0.25) is 0 Å². The molecular weight excluding hydrogens is 218 g/mol. The maximum atomic E-state index is 5.37. The fourth-order valence-electron chi connectivity index (χ4n) is 1.92.